The lowest BCUT2D eigenvalue weighted by atomic mass is 10.2. The number of hydrogen-bond acceptors (Lipinski definition) is 5. The molecule has 0 bridgehead atoms. The average molecular weight is 315 g/mol. The molecule has 1 aromatic heterocycles. The highest BCUT2D eigenvalue weighted by Gasteiger charge is 2.26. The summed E-state index contributed by atoms with van der Waals surface area (Å²) in [6, 6.07) is 3.98. The molecule has 0 aliphatic carbocycles. The molecule has 0 saturated carbocycles. The van der Waals surface area contributed by atoms with Gasteiger partial charge in [0.1, 0.15) is 10.1 Å². The van der Waals surface area contributed by atoms with E-state index in [1.54, 1.807) is 18.0 Å². The van der Waals surface area contributed by atoms with E-state index in [1.165, 1.54) is 18.6 Å². The van der Waals surface area contributed by atoms with Crippen molar-refractivity contribution in [2.75, 3.05) is 24.8 Å². The zero-order chi connectivity index (χ0) is 13.1. The molecule has 0 radical (unpaired) electrons. The first-order chi connectivity index (χ1) is 9.31. The number of rotatable bonds is 4. The van der Waals surface area contributed by atoms with Crippen LogP contribution in [0, 0.1) is 0 Å². The third-order valence-electron chi connectivity index (χ3n) is 3.41. The van der Waals surface area contributed by atoms with Crippen molar-refractivity contribution in [3.8, 4) is 0 Å². The van der Waals surface area contributed by atoms with Gasteiger partial charge in [-0.05, 0) is 30.7 Å². The second-order valence-electron chi connectivity index (χ2n) is 4.95. The molecule has 3 heterocycles. The second kappa shape index (κ2) is 6.52. The number of thiocarbonyl (C=S) groups is 1. The Kier molecular flexibility index (Phi) is 4.73. The summed E-state index contributed by atoms with van der Waals surface area (Å²) in [4.78, 5) is 4.74. The molecular weight excluding hydrogens is 296 g/mol. The zero-order valence-corrected chi connectivity index (χ0v) is 13.2. The van der Waals surface area contributed by atoms with Crippen molar-refractivity contribution in [2.45, 2.75) is 24.6 Å². The Balaban J connectivity index is 1.55. The van der Waals surface area contributed by atoms with Gasteiger partial charge < -0.3 is 9.32 Å². The quantitative estimate of drug-likeness (QED) is 0.789. The van der Waals surface area contributed by atoms with Gasteiger partial charge in [0.2, 0.25) is 0 Å². The highest BCUT2D eigenvalue weighted by molar-refractivity contribution is 8.22. The normalized spacial score (nSPS) is 25.2. The fourth-order valence-electron chi connectivity index (χ4n) is 2.46. The van der Waals surface area contributed by atoms with Crippen LogP contribution in [-0.2, 0) is 6.54 Å². The van der Waals surface area contributed by atoms with Gasteiger partial charge in [-0.1, -0.05) is 24.0 Å². The number of hydrogen-bond donors (Lipinski definition) is 0. The SMILES string of the molecule is S=C1SCN(Cc2ccco2)CN1CC1CCCS1. The average Bonchev–Trinajstić information content (AvgIpc) is 3.07. The van der Waals surface area contributed by atoms with Crippen molar-refractivity contribution < 1.29 is 4.42 Å². The van der Waals surface area contributed by atoms with E-state index in [0.29, 0.717) is 0 Å². The summed E-state index contributed by atoms with van der Waals surface area (Å²) in [6.45, 7) is 2.91. The molecule has 1 atom stereocenters. The molecule has 0 aromatic carbocycles. The van der Waals surface area contributed by atoms with Gasteiger partial charge in [0.25, 0.3) is 0 Å². The molecule has 1 unspecified atom stereocenters. The summed E-state index contributed by atoms with van der Waals surface area (Å²) in [7, 11) is 0. The summed E-state index contributed by atoms with van der Waals surface area (Å²) in [6.07, 6.45) is 4.44. The summed E-state index contributed by atoms with van der Waals surface area (Å²) < 4.78 is 6.48. The van der Waals surface area contributed by atoms with E-state index in [4.69, 9.17) is 16.6 Å². The highest BCUT2D eigenvalue weighted by atomic mass is 32.2. The van der Waals surface area contributed by atoms with Crippen LogP contribution in [0.25, 0.3) is 0 Å². The highest BCUT2D eigenvalue weighted by Crippen LogP contribution is 2.29. The van der Waals surface area contributed by atoms with E-state index in [2.05, 4.69) is 21.6 Å². The number of nitrogens with zero attached hydrogens (tertiary/aromatic N) is 2. The van der Waals surface area contributed by atoms with Crippen LogP contribution in [0.15, 0.2) is 22.8 Å². The maximum Gasteiger partial charge on any atom is 0.138 e. The fourth-order valence-corrected chi connectivity index (χ4v) is 4.82. The molecule has 19 heavy (non-hydrogen) atoms. The van der Waals surface area contributed by atoms with E-state index in [9.17, 15) is 0 Å². The van der Waals surface area contributed by atoms with Gasteiger partial charge in [-0.2, -0.15) is 11.8 Å². The van der Waals surface area contributed by atoms with Crippen molar-refractivity contribution in [2.24, 2.45) is 0 Å². The van der Waals surface area contributed by atoms with E-state index < -0.39 is 0 Å². The van der Waals surface area contributed by atoms with Crippen LogP contribution in [0.1, 0.15) is 18.6 Å². The molecule has 2 fully saturated rings. The molecule has 3 rings (SSSR count). The Morgan fingerprint density at radius 3 is 3.16 bits per heavy atom. The standard InChI is InChI=1S/C13H18N2OS3/c17-13-15(8-12-4-2-6-18-12)9-14(10-19-13)7-11-3-1-5-16-11/h1,3,5,12H,2,4,6-10H2. The van der Waals surface area contributed by atoms with Crippen LogP contribution in [0.3, 0.4) is 0 Å². The Hall–Kier alpha value is -0.170. The van der Waals surface area contributed by atoms with Crippen LogP contribution in [0.5, 0.6) is 0 Å². The number of furan rings is 1. The molecule has 104 valence electrons. The first-order valence-electron chi connectivity index (χ1n) is 6.59. The molecule has 2 aliphatic rings. The van der Waals surface area contributed by atoms with Crippen molar-refractivity contribution in [1.82, 2.24) is 9.80 Å². The Morgan fingerprint density at radius 2 is 2.42 bits per heavy atom. The predicted molar refractivity (Wildman–Crippen MR) is 86.4 cm³/mol. The lowest BCUT2D eigenvalue weighted by Gasteiger charge is -2.37. The minimum absolute atomic E-state index is 0.766. The summed E-state index contributed by atoms with van der Waals surface area (Å²) >= 11 is 9.36. The van der Waals surface area contributed by atoms with Crippen molar-refractivity contribution in [3.05, 3.63) is 24.2 Å². The van der Waals surface area contributed by atoms with Crippen molar-refractivity contribution in [1.29, 1.82) is 0 Å². The fraction of sp³-hybridized carbons (Fsp3) is 0.615. The zero-order valence-electron chi connectivity index (χ0n) is 10.8. The summed E-state index contributed by atoms with van der Waals surface area (Å²) in [5.74, 6) is 3.31. The maximum absolute atomic E-state index is 5.49. The Bertz CT molecular complexity index is 418. The van der Waals surface area contributed by atoms with Crippen LogP contribution in [0.4, 0.5) is 0 Å². The maximum atomic E-state index is 5.49. The molecule has 3 nitrogen and oxygen atoms in total. The Labute approximate surface area is 128 Å². The monoisotopic (exact) mass is 314 g/mol. The first-order valence-corrected chi connectivity index (χ1v) is 9.03. The van der Waals surface area contributed by atoms with Gasteiger partial charge >= 0.3 is 0 Å². The number of thioether (sulfide) groups is 2. The van der Waals surface area contributed by atoms with Crippen LogP contribution < -0.4 is 0 Å². The minimum atomic E-state index is 0.766. The van der Waals surface area contributed by atoms with E-state index in [-0.39, 0.29) is 0 Å². The van der Waals surface area contributed by atoms with Gasteiger partial charge in [-0.15, -0.1) is 0 Å². The van der Waals surface area contributed by atoms with Crippen molar-refractivity contribution >= 4 is 40.1 Å². The smallest absolute Gasteiger partial charge is 0.138 e. The third-order valence-corrected chi connectivity index (χ3v) is 6.40. The van der Waals surface area contributed by atoms with Crippen LogP contribution in [0.2, 0.25) is 0 Å². The van der Waals surface area contributed by atoms with Gasteiger partial charge in [0, 0.05) is 11.8 Å². The molecule has 2 aliphatic heterocycles. The summed E-state index contributed by atoms with van der Waals surface area (Å²) in [5.41, 5.74) is 0. The van der Waals surface area contributed by atoms with E-state index >= 15 is 0 Å². The largest absolute Gasteiger partial charge is 0.468 e. The van der Waals surface area contributed by atoms with Gasteiger partial charge in [-0.3, -0.25) is 4.90 Å². The van der Waals surface area contributed by atoms with Gasteiger partial charge in [-0.25, -0.2) is 0 Å². The van der Waals surface area contributed by atoms with Gasteiger partial charge in [0.15, 0.2) is 0 Å². The molecule has 6 heteroatoms. The predicted octanol–water partition coefficient (Wildman–Crippen LogP) is 3.23. The second-order valence-corrected chi connectivity index (χ2v) is 7.93. The molecular formula is C13H18N2OS3. The summed E-state index contributed by atoms with van der Waals surface area (Å²) in [5, 5.41) is 0.766. The van der Waals surface area contributed by atoms with Gasteiger partial charge in [0.05, 0.1) is 25.4 Å². The first kappa shape index (κ1) is 13.8. The lowest BCUT2D eigenvalue weighted by molar-refractivity contribution is 0.193. The van der Waals surface area contributed by atoms with E-state index in [1.807, 2.05) is 12.1 Å². The molecule has 0 amide bonds. The Morgan fingerprint density at radius 1 is 1.47 bits per heavy atom. The molecule has 0 N–H and O–H groups in total. The molecule has 2 saturated heterocycles. The minimum Gasteiger partial charge on any atom is -0.468 e. The van der Waals surface area contributed by atoms with Crippen LogP contribution >= 0.6 is 35.7 Å². The molecule has 1 aromatic rings. The third kappa shape index (κ3) is 3.68. The lowest BCUT2D eigenvalue weighted by Crippen LogP contribution is -2.46. The van der Waals surface area contributed by atoms with E-state index in [0.717, 1.165) is 41.0 Å². The topological polar surface area (TPSA) is 19.6 Å². The molecule has 0 spiro atoms. The van der Waals surface area contributed by atoms with Crippen LogP contribution in [-0.4, -0.2) is 44.2 Å². The van der Waals surface area contributed by atoms with Crippen molar-refractivity contribution in [3.63, 3.8) is 0 Å².